The summed E-state index contributed by atoms with van der Waals surface area (Å²) in [5.74, 6) is -0.596. The number of anilines is 4. The monoisotopic (exact) mass is 382 g/mol. The standard InChI is InChI=1S/C18H18N6O4/c1-11-2-4-12(5-3-11)20-17-22-16(19)24(23-17)18(27)21-13-6-8-14(9-7-13)28-10-15(25)26/h2-9H,10H2,1H3,(H,21,27)(H,25,26)(H3,19,20,22,23). The van der Waals surface area contributed by atoms with Gasteiger partial charge in [0.1, 0.15) is 5.75 Å². The summed E-state index contributed by atoms with van der Waals surface area (Å²) in [6, 6.07) is 13.2. The van der Waals surface area contributed by atoms with Crippen LogP contribution in [0.4, 0.5) is 28.1 Å². The van der Waals surface area contributed by atoms with E-state index in [-0.39, 0.29) is 11.9 Å². The quantitative estimate of drug-likeness (QED) is 0.509. The number of aromatic nitrogens is 3. The van der Waals surface area contributed by atoms with Gasteiger partial charge in [-0.2, -0.15) is 4.98 Å². The molecule has 2 aromatic carbocycles. The van der Waals surface area contributed by atoms with E-state index in [4.69, 9.17) is 15.6 Å². The van der Waals surface area contributed by atoms with Gasteiger partial charge in [-0.3, -0.25) is 0 Å². The van der Waals surface area contributed by atoms with Crippen LogP contribution in [-0.2, 0) is 4.79 Å². The predicted molar refractivity (Wildman–Crippen MR) is 103 cm³/mol. The van der Waals surface area contributed by atoms with Crippen LogP contribution >= 0.6 is 0 Å². The number of carboxylic acids is 1. The van der Waals surface area contributed by atoms with Crippen LogP contribution in [0, 0.1) is 6.92 Å². The largest absolute Gasteiger partial charge is 0.482 e. The van der Waals surface area contributed by atoms with Crippen molar-refractivity contribution in [2.45, 2.75) is 6.92 Å². The fraction of sp³-hybridized carbons (Fsp3) is 0.111. The molecule has 144 valence electrons. The van der Waals surface area contributed by atoms with Crippen molar-refractivity contribution in [3.8, 4) is 5.75 Å². The smallest absolute Gasteiger partial charge is 0.349 e. The minimum Gasteiger partial charge on any atom is -0.482 e. The third kappa shape index (κ3) is 4.75. The third-order valence-corrected chi connectivity index (χ3v) is 3.60. The molecule has 0 unspecified atom stereocenters. The molecule has 1 amide bonds. The molecule has 0 fully saturated rings. The zero-order valence-electron chi connectivity index (χ0n) is 14.9. The Morgan fingerprint density at radius 3 is 2.39 bits per heavy atom. The highest BCUT2D eigenvalue weighted by Crippen LogP contribution is 2.18. The molecule has 10 nitrogen and oxygen atoms in total. The summed E-state index contributed by atoms with van der Waals surface area (Å²) < 4.78 is 5.97. The van der Waals surface area contributed by atoms with Crippen molar-refractivity contribution in [2.24, 2.45) is 0 Å². The fourth-order valence-corrected chi connectivity index (χ4v) is 2.25. The number of ether oxygens (including phenoxy) is 1. The average molecular weight is 382 g/mol. The van der Waals surface area contributed by atoms with Crippen LogP contribution in [-0.4, -0.2) is 38.5 Å². The highest BCUT2D eigenvalue weighted by Gasteiger charge is 2.14. The Bertz CT molecular complexity index is 982. The van der Waals surface area contributed by atoms with Crippen molar-refractivity contribution in [1.29, 1.82) is 0 Å². The second-order valence-electron chi connectivity index (χ2n) is 5.83. The lowest BCUT2D eigenvalue weighted by molar-refractivity contribution is -0.139. The Hall–Kier alpha value is -4.08. The van der Waals surface area contributed by atoms with Gasteiger partial charge in [-0.25, -0.2) is 9.59 Å². The fourth-order valence-electron chi connectivity index (χ4n) is 2.25. The first-order valence-corrected chi connectivity index (χ1v) is 8.23. The number of hydrogen-bond donors (Lipinski definition) is 4. The van der Waals surface area contributed by atoms with Crippen molar-refractivity contribution in [3.63, 3.8) is 0 Å². The predicted octanol–water partition coefficient (Wildman–Crippen LogP) is 2.46. The molecule has 0 bridgehead atoms. The first-order valence-electron chi connectivity index (χ1n) is 8.23. The van der Waals surface area contributed by atoms with Gasteiger partial charge in [0.25, 0.3) is 0 Å². The number of carbonyl (C=O) groups is 2. The van der Waals surface area contributed by atoms with E-state index >= 15 is 0 Å². The van der Waals surface area contributed by atoms with Crippen molar-refractivity contribution in [1.82, 2.24) is 14.8 Å². The van der Waals surface area contributed by atoms with Gasteiger partial charge in [-0.15, -0.1) is 9.78 Å². The number of aliphatic carboxylic acids is 1. The second kappa shape index (κ2) is 8.08. The van der Waals surface area contributed by atoms with Gasteiger partial charge in [-0.1, -0.05) is 17.7 Å². The molecule has 10 heteroatoms. The minimum absolute atomic E-state index is 0.0754. The topological polar surface area (TPSA) is 144 Å². The molecule has 0 aliphatic carbocycles. The van der Waals surface area contributed by atoms with E-state index in [2.05, 4.69) is 20.7 Å². The lowest BCUT2D eigenvalue weighted by atomic mass is 10.2. The Kier molecular flexibility index (Phi) is 5.40. The summed E-state index contributed by atoms with van der Waals surface area (Å²) in [4.78, 5) is 26.9. The number of aryl methyl sites for hydroxylation is 1. The van der Waals surface area contributed by atoms with Gasteiger partial charge < -0.3 is 26.2 Å². The van der Waals surface area contributed by atoms with Crippen LogP contribution < -0.4 is 21.1 Å². The number of nitrogen functional groups attached to an aromatic ring is 1. The number of benzene rings is 2. The van der Waals surface area contributed by atoms with Crippen molar-refractivity contribution < 1.29 is 19.4 Å². The highest BCUT2D eigenvalue weighted by atomic mass is 16.5. The first kappa shape index (κ1) is 18.7. The molecule has 3 rings (SSSR count). The number of rotatable bonds is 6. The van der Waals surface area contributed by atoms with Gasteiger partial charge in [-0.05, 0) is 43.3 Å². The third-order valence-electron chi connectivity index (χ3n) is 3.60. The van der Waals surface area contributed by atoms with E-state index in [9.17, 15) is 9.59 Å². The number of hydrogen-bond acceptors (Lipinski definition) is 7. The maximum absolute atomic E-state index is 12.4. The molecule has 0 radical (unpaired) electrons. The summed E-state index contributed by atoms with van der Waals surface area (Å²) in [6.45, 7) is 1.53. The van der Waals surface area contributed by atoms with Crippen molar-refractivity contribution >= 4 is 35.3 Å². The van der Waals surface area contributed by atoms with Crippen LogP contribution in [0.15, 0.2) is 48.5 Å². The van der Waals surface area contributed by atoms with Gasteiger partial charge in [0.15, 0.2) is 6.61 Å². The normalized spacial score (nSPS) is 10.3. The number of nitrogens with two attached hydrogens (primary N) is 1. The lowest BCUT2D eigenvalue weighted by Gasteiger charge is -2.07. The van der Waals surface area contributed by atoms with E-state index in [1.54, 1.807) is 12.1 Å². The SMILES string of the molecule is Cc1ccc(Nc2nc(N)n(C(=O)Nc3ccc(OCC(=O)O)cc3)n2)cc1. The maximum Gasteiger partial charge on any atom is 0.349 e. The summed E-state index contributed by atoms with van der Waals surface area (Å²) in [5.41, 5.74) is 8.11. The molecule has 1 aromatic heterocycles. The summed E-state index contributed by atoms with van der Waals surface area (Å²) in [5, 5.41) is 18.2. The summed E-state index contributed by atoms with van der Waals surface area (Å²) in [6.07, 6.45) is 0. The number of nitrogens with one attached hydrogen (secondary N) is 2. The molecule has 1 heterocycles. The molecule has 3 aromatic rings. The minimum atomic E-state index is -1.07. The van der Waals surface area contributed by atoms with Gasteiger partial charge >= 0.3 is 12.0 Å². The van der Waals surface area contributed by atoms with Crippen LogP contribution in [0.2, 0.25) is 0 Å². The molecule has 0 aliphatic heterocycles. The van der Waals surface area contributed by atoms with E-state index in [0.717, 1.165) is 15.9 Å². The van der Waals surface area contributed by atoms with Crippen LogP contribution in [0.5, 0.6) is 5.75 Å². The number of nitrogens with zero attached hydrogens (tertiary/aromatic N) is 3. The number of amides is 1. The van der Waals surface area contributed by atoms with Crippen LogP contribution in [0.25, 0.3) is 0 Å². The Morgan fingerprint density at radius 1 is 1.11 bits per heavy atom. The molecular formula is C18H18N6O4. The van der Waals surface area contributed by atoms with Gasteiger partial charge in [0.05, 0.1) is 0 Å². The van der Waals surface area contributed by atoms with Crippen LogP contribution in [0.3, 0.4) is 0 Å². The Labute approximate surface area is 160 Å². The molecular weight excluding hydrogens is 364 g/mol. The van der Waals surface area contributed by atoms with E-state index in [1.807, 2.05) is 31.2 Å². The molecule has 0 atom stereocenters. The van der Waals surface area contributed by atoms with Crippen molar-refractivity contribution in [3.05, 3.63) is 54.1 Å². The second-order valence-corrected chi connectivity index (χ2v) is 5.83. The van der Waals surface area contributed by atoms with E-state index in [1.165, 1.54) is 12.1 Å². The number of carboxylic acid groups (broad SMARTS) is 1. The number of carbonyl (C=O) groups excluding carboxylic acids is 1. The first-order chi connectivity index (χ1) is 13.4. The molecule has 0 aliphatic rings. The molecule has 28 heavy (non-hydrogen) atoms. The zero-order chi connectivity index (χ0) is 20.1. The van der Waals surface area contributed by atoms with Crippen molar-refractivity contribution in [2.75, 3.05) is 23.0 Å². The van der Waals surface area contributed by atoms with E-state index in [0.29, 0.717) is 11.4 Å². The Balaban J connectivity index is 1.65. The van der Waals surface area contributed by atoms with Gasteiger partial charge in [0, 0.05) is 11.4 Å². The molecule has 0 saturated carbocycles. The molecule has 0 spiro atoms. The van der Waals surface area contributed by atoms with E-state index < -0.39 is 18.6 Å². The summed E-state index contributed by atoms with van der Waals surface area (Å²) >= 11 is 0. The Morgan fingerprint density at radius 2 is 1.75 bits per heavy atom. The van der Waals surface area contributed by atoms with Gasteiger partial charge in [0.2, 0.25) is 11.9 Å². The maximum atomic E-state index is 12.4. The van der Waals surface area contributed by atoms with Crippen LogP contribution in [0.1, 0.15) is 5.56 Å². The summed E-state index contributed by atoms with van der Waals surface area (Å²) in [7, 11) is 0. The lowest BCUT2D eigenvalue weighted by Crippen LogP contribution is -2.22. The molecule has 0 saturated heterocycles. The average Bonchev–Trinajstić information content (AvgIpc) is 3.03. The molecule has 5 N–H and O–H groups in total. The highest BCUT2D eigenvalue weighted by molar-refractivity contribution is 5.92. The zero-order valence-corrected chi connectivity index (χ0v) is 14.9.